The average molecular weight is 377 g/mol. The van der Waals surface area contributed by atoms with Gasteiger partial charge in [0.05, 0.1) is 35.9 Å². The summed E-state index contributed by atoms with van der Waals surface area (Å²) in [6.07, 6.45) is 0. The molecule has 0 aliphatic rings. The summed E-state index contributed by atoms with van der Waals surface area (Å²) in [5.74, 6) is -1.20. The van der Waals surface area contributed by atoms with Crippen LogP contribution in [0.2, 0.25) is 0 Å². The number of aryl methyl sites for hydroxylation is 1. The molecule has 26 heavy (non-hydrogen) atoms. The van der Waals surface area contributed by atoms with Gasteiger partial charge in [-0.3, -0.25) is 4.72 Å². The van der Waals surface area contributed by atoms with Gasteiger partial charge in [-0.15, -0.1) is 0 Å². The zero-order valence-corrected chi connectivity index (χ0v) is 15.6. The van der Waals surface area contributed by atoms with E-state index in [-0.39, 0.29) is 21.7 Å². The molecule has 2 rings (SSSR count). The van der Waals surface area contributed by atoms with Crippen LogP contribution < -0.4 is 4.72 Å². The van der Waals surface area contributed by atoms with E-state index >= 15 is 0 Å². The first kappa shape index (κ1) is 19.5. The summed E-state index contributed by atoms with van der Waals surface area (Å²) >= 11 is 0. The second kappa shape index (κ2) is 7.57. The van der Waals surface area contributed by atoms with Crippen LogP contribution in [0.25, 0.3) is 0 Å². The topological polar surface area (TPSA) is 98.8 Å². The van der Waals surface area contributed by atoms with E-state index in [1.165, 1.54) is 32.4 Å². The Bertz CT molecular complexity index is 966. The van der Waals surface area contributed by atoms with Crippen molar-refractivity contribution in [3.8, 4) is 0 Å². The molecule has 0 aliphatic heterocycles. The number of hydrogen-bond acceptors (Lipinski definition) is 6. The smallest absolute Gasteiger partial charge is 0.338 e. The number of benzene rings is 2. The molecule has 0 atom stereocenters. The molecule has 1 N–H and O–H groups in total. The lowest BCUT2D eigenvalue weighted by molar-refractivity contribution is 0.0591. The molecule has 2 aromatic rings. The SMILES string of the molecule is COC(=O)c1ccc(C)c(S(=O)(=O)Nc2cccc(C(=O)OC)c2C)c1. The van der Waals surface area contributed by atoms with E-state index < -0.39 is 22.0 Å². The lowest BCUT2D eigenvalue weighted by Gasteiger charge is -2.14. The quantitative estimate of drug-likeness (QED) is 0.805. The Morgan fingerprint density at radius 1 is 0.962 bits per heavy atom. The number of nitrogens with one attached hydrogen (secondary N) is 1. The molecular weight excluding hydrogens is 358 g/mol. The van der Waals surface area contributed by atoms with E-state index in [2.05, 4.69) is 9.46 Å². The lowest BCUT2D eigenvalue weighted by atomic mass is 10.1. The van der Waals surface area contributed by atoms with E-state index in [1.807, 2.05) is 0 Å². The fraction of sp³-hybridized carbons (Fsp3) is 0.222. The Labute approximate surface area is 152 Å². The first-order valence-corrected chi connectivity index (χ1v) is 9.09. The highest BCUT2D eigenvalue weighted by Gasteiger charge is 2.21. The summed E-state index contributed by atoms with van der Waals surface area (Å²) in [7, 11) is -1.52. The Morgan fingerprint density at radius 3 is 2.23 bits per heavy atom. The fourth-order valence-corrected chi connectivity index (χ4v) is 3.81. The summed E-state index contributed by atoms with van der Waals surface area (Å²) in [4.78, 5) is 23.4. The average Bonchev–Trinajstić information content (AvgIpc) is 2.62. The first-order chi connectivity index (χ1) is 12.2. The van der Waals surface area contributed by atoms with Crippen molar-refractivity contribution in [1.82, 2.24) is 0 Å². The number of anilines is 1. The van der Waals surface area contributed by atoms with Gasteiger partial charge in [0.25, 0.3) is 10.0 Å². The minimum absolute atomic E-state index is 0.0525. The van der Waals surface area contributed by atoms with Crippen molar-refractivity contribution >= 4 is 27.6 Å². The van der Waals surface area contributed by atoms with Crippen LogP contribution in [0.3, 0.4) is 0 Å². The summed E-state index contributed by atoms with van der Waals surface area (Å²) in [5.41, 5.74) is 1.53. The standard InChI is InChI=1S/C18H19NO6S/c1-11-8-9-13(17(20)24-3)10-16(11)26(22,23)19-15-7-5-6-14(12(15)2)18(21)25-4/h5-10,19H,1-4H3. The van der Waals surface area contributed by atoms with Crippen molar-refractivity contribution in [3.05, 3.63) is 58.7 Å². The molecule has 0 fully saturated rings. The molecule has 8 heteroatoms. The fourth-order valence-electron chi connectivity index (χ4n) is 2.41. The van der Waals surface area contributed by atoms with Gasteiger partial charge in [-0.1, -0.05) is 12.1 Å². The van der Waals surface area contributed by atoms with E-state index in [0.717, 1.165) is 0 Å². The zero-order valence-electron chi connectivity index (χ0n) is 14.8. The Kier molecular flexibility index (Phi) is 5.66. The van der Waals surface area contributed by atoms with Gasteiger partial charge in [0, 0.05) is 0 Å². The lowest BCUT2D eigenvalue weighted by Crippen LogP contribution is -2.17. The molecule has 0 bridgehead atoms. The van der Waals surface area contributed by atoms with Crippen LogP contribution >= 0.6 is 0 Å². The van der Waals surface area contributed by atoms with Crippen LogP contribution in [0, 0.1) is 13.8 Å². The number of sulfonamides is 1. The summed E-state index contributed by atoms with van der Waals surface area (Å²) in [6.45, 7) is 3.23. The normalized spacial score (nSPS) is 10.9. The largest absolute Gasteiger partial charge is 0.465 e. The third kappa shape index (κ3) is 3.85. The maximum Gasteiger partial charge on any atom is 0.338 e. The van der Waals surface area contributed by atoms with Gasteiger partial charge in [0.1, 0.15) is 0 Å². The Morgan fingerprint density at radius 2 is 1.62 bits per heavy atom. The van der Waals surface area contributed by atoms with Crippen LogP contribution in [-0.2, 0) is 19.5 Å². The minimum atomic E-state index is -3.99. The Balaban J connectivity index is 2.48. The molecule has 138 valence electrons. The Hall–Kier alpha value is -2.87. The van der Waals surface area contributed by atoms with Crippen LogP contribution in [0.5, 0.6) is 0 Å². The first-order valence-electron chi connectivity index (χ1n) is 7.61. The van der Waals surface area contributed by atoms with Gasteiger partial charge in [-0.05, 0) is 49.2 Å². The van der Waals surface area contributed by atoms with Crippen molar-refractivity contribution in [2.45, 2.75) is 18.7 Å². The number of esters is 2. The van der Waals surface area contributed by atoms with Gasteiger partial charge in [-0.2, -0.15) is 0 Å². The van der Waals surface area contributed by atoms with Gasteiger partial charge < -0.3 is 9.47 Å². The van der Waals surface area contributed by atoms with E-state index in [1.54, 1.807) is 32.0 Å². The molecule has 0 aromatic heterocycles. The van der Waals surface area contributed by atoms with E-state index in [4.69, 9.17) is 4.74 Å². The monoisotopic (exact) mass is 377 g/mol. The zero-order chi connectivity index (χ0) is 19.5. The third-order valence-corrected chi connectivity index (χ3v) is 5.39. The molecule has 0 unspecified atom stereocenters. The van der Waals surface area contributed by atoms with Crippen LogP contribution in [0.4, 0.5) is 5.69 Å². The van der Waals surface area contributed by atoms with Gasteiger partial charge in [-0.25, -0.2) is 18.0 Å². The number of ether oxygens (including phenoxy) is 2. The minimum Gasteiger partial charge on any atom is -0.465 e. The molecule has 0 saturated carbocycles. The number of rotatable bonds is 5. The van der Waals surface area contributed by atoms with Crippen molar-refractivity contribution in [2.24, 2.45) is 0 Å². The number of carbonyl (C=O) groups is 2. The second-order valence-electron chi connectivity index (χ2n) is 5.55. The summed E-state index contributed by atoms with van der Waals surface area (Å²) < 4.78 is 37.4. The van der Waals surface area contributed by atoms with Gasteiger partial charge in [0.15, 0.2) is 0 Å². The molecule has 0 spiro atoms. The van der Waals surface area contributed by atoms with Crippen molar-refractivity contribution in [2.75, 3.05) is 18.9 Å². The van der Waals surface area contributed by atoms with Crippen molar-refractivity contribution in [3.63, 3.8) is 0 Å². The molecule has 0 radical (unpaired) electrons. The summed E-state index contributed by atoms with van der Waals surface area (Å²) in [6, 6.07) is 8.90. The highest BCUT2D eigenvalue weighted by molar-refractivity contribution is 7.92. The molecule has 0 heterocycles. The van der Waals surface area contributed by atoms with E-state index in [0.29, 0.717) is 11.1 Å². The predicted molar refractivity (Wildman–Crippen MR) is 95.8 cm³/mol. The second-order valence-corrected chi connectivity index (χ2v) is 7.20. The number of carbonyl (C=O) groups excluding carboxylic acids is 2. The summed E-state index contributed by atoms with van der Waals surface area (Å²) in [5, 5.41) is 0. The van der Waals surface area contributed by atoms with E-state index in [9.17, 15) is 18.0 Å². The molecule has 7 nitrogen and oxygen atoms in total. The molecule has 2 aromatic carbocycles. The molecular formula is C18H19NO6S. The highest BCUT2D eigenvalue weighted by atomic mass is 32.2. The maximum absolute atomic E-state index is 12.8. The maximum atomic E-state index is 12.8. The van der Waals surface area contributed by atoms with Crippen LogP contribution in [0.1, 0.15) is 31.8 Å². The van der Waals surface area contributed by atoms with Gasteiger partial charge in [0.2, 0.25) is 0 Å². The predicted octanol–water partition coefficient (Wildman–Crippen LogP) is 2.68. The van der Waals surface area contributed by atoms with Gasteiger partial charge >= 0.3 is 11.9 Å². The number of methoxy groups -OCH3 is 2. The molecule has 0 amide bonds. The third-order valence-electron chi connectivity index (χ3n) is 3.88. The number of hydrogen-bond donors (Lipinski definition) is 1. The van der Waals surface area contributed by atoms with Crippen molar-refractivity contribution < 1.29 is 27.5 Å². The van der Waals surface area contributed by atoms with Crippen molar-refractivity contribution in [1.29, 1.82) is 0 Å². The molecule has 0 aliphatic carbocycles. The molecule has 0 saturated heterocycles. The van der Waals surface area contributed by atoms with Crippen LogP contribution in [0.15, 0.2) is 41.3 Å². The van der Waals surface area contributed by atoms with Crippen LogP contribution in [-0.4, -0.2) is 34.6 Å². The highest BCUT2D eigenvalue weighted by Crippen LogP contribution is 2.25.